The molecule has 1 saturated carbocycles. The zero-order chi connectivity index (χ0) is 19.7. The van der Waals surface area contributed by atoms with E-state index in [9.17, 15) is 4.79 Å². The summed E-state index contributed by atoms with van der Waals surface area (Å²) in [7, 11) is 0. The standard InChI is InChI=1S/C23H23N3O3/c27-22(24-21-10-13-26(25-21)18-6-2-1-3-7-18)23(11-4-5-12-23)17-8-9-19-20(16-17)29-15-14-28-19/h1-3,6-10,13,16H,4-5,11-12,14-15H2,(H,24,25,27). The molecule has 2 heterocycles. The minimum atomic E-state index is -0.563. The minimum Gasteiger partial charge on any atom is -0.486 e. The van der Waals surface area contributed by atoms with Crippen molar-refractivity contribution >= 4 is 11.7 Å². The Morgan fingerprint density at radius 1 is 0.966 bits per heavy atom. The SMILES string of the molecule is O=C(Nc1ccn(-c2ccccc2)n1)C1(c2ccc3c(c2)OCCO3)CCCC1. The summed E-state index contributed by atoms with van der Waals surface area (Å²) >= 11 is 0. The molecular weight excluding hydrogens is 366 g/mol. The molecule has 1 aromatic heterocycles. The van der Waals surface area contributed by atoms with Crippen LogP contribution < -0.4 is 14.8 Å². The molecule has 0 saturated heterocycles. The van der Waals surface area contributed by atoms with Crippen molar-refractivity contribution < 1.29 is 14.3 Å². The molecule has 0 radical (unpaired) electrons. The van der Waals surface area contributed by atoms with E-state index in [1.54, 1.807) is 4.68 Å². The fourth-order valence-corrected chi connectivity index (χ4v) is 4.32. The van der Waals surface area contributed by atoms with Crippen LogP contribution in [0.15, 0.2) is 60.8 Å². The fourth-order valence-electron chi connectivity index (χ4n) is 4.32. The summed E-state index contributed by atoms with van der Waals surface area (Å²) in [4.78, 5) is 13.4. The summed E-state index contributed by atoms with van der Waals surface area (Å²) in [6, 6.07) is 17.6. The molecule has 1 amide bonds. The molecule has 5 rings (SSSR count). The van der Waals surface area contributed by atoms with E-state index in [0.29, 0.717) is 19.0 Å². The van der Waals surface area contributed by atoms with E-state index in [2.05, 4.69) is 10.4 Å². The molecule has 6 heteroatoms. The lowest BCUT2D eigenvalue weighted by atomic mass is 9.77. The second-order valence-corrected chi connectivity index (χ2v) is 7.58. The van der Waals surface area contributed by atoms with E-state index in [1.165, 1.54) is 0 Å². The molecule has 1 aliphatic heterocycles. The van der Waals surface area contributed by atoms with Crippen molar-refractivity contribution in [2.24, 2.45) is 0 Å². The maximum Gasteiger partial charge on any atom is 0.236 e. The molecule has 0 bridgehead atoms. The highest BCUT2D eigenvalue weighted by atomic mass is 16.6. The molecule has 1 aliphatic carbocycles. The van der Waals surface area contributed by atoms with Crippen molar-refractivity contribution in [2.75, 3.05) is 18.5 Å². The minimum absolute atomic E-state index is 0.00927. The third-order valence-electron chi connectivity index (χ3n) is 5.84. The highest BCUT2D eigenvalue weighted by Crippen LogP contribution is 2.44. The van der Waals surface area contributed by atoms with Gasteiger partial charge in [-0.25, -0.2) is 4.68 Å². The number of nitrogens with zero attached hydrogens (tertiary/aromatic N) is 2. The van der Waals surface area contributed by atoms with Crippen molar-refractivity contribution in [2.45, 2.75) is 31.1 Å². The van der Waals surface area contributed by atoms with Crippen LogP contribution in [0.1, 0.15) is 31.2 Å². The van der Waals surface area contributed by atoms with Gasteiger partial charge in [-0.05, 0) is 42.7 Å². The van der Waals surface area contributed by atoms with Crippen LogP contribution in [0.25, 0.3) is 5.69 Å². The molecule has 6 nitrogen and oxygen atoms in total. The number of hydrogen-bond donors (Lipinski definition) is 1. The van der Waals surface area contributed by atoms with Crippen LogP contribution in [0, 0.1) is 0 Å². The van der Waals surface area contributed by atoms with E-state index < -0.39 is 5.41 Å². The Labute approximate surface area is 169 Å². The van der Waals surface area contributed by atoms with Gasteiger partial charge in [0.25, 0.3) is 0 Å². The van der Waals surface area contributed by atoms with Gasteiger partial charge in [-0.15, -0.1) is 0 Å². The summed E-state index contributed by atoms with van der Waals surface area (Å²) < 4.78 is 13.1. The number of hydrogen-bond acceptors (Lipinski definition) is 4. The van der Waals surface area contributed by atoms with Gasteiger partial charge in [0, 0.05) is 12.3 Å². The van der Waals surface area contributed by atoms with Gasteiger partial charge in [0.1, 0.15) is 13.2 Å². The van der Waals surface area contributed by atoms with E-state index in [1.807, 2.05) is 60.8 Å². The predicted molar refractivity (Wildman–Crippen MR) is 110 cm³/mol. The normalized spacial score (nSPS) is 17.1. The smallest absolute Gasteiger partial charge is 0.236 e. The summed E-state index contributed by atoms with van der Waals surface area (Å²) in [5, 5.41) is 7.58. The van der Waals surface area contributed by atoms with Crippen LogP contribution >= 0.6 is 0 Å². The van der Waals surface area contributed by atoms with Crippen molar-refractivity contribution in [1.82, 2.24) is 9.78 Å². The van der Waals surface area contributed by atoms with Crippen LogP contribution in [-0.2, 0) is 10.2 Å². The van der Waals surface area contributed by atoms with Crippen LogP contribution in [0.4, 0.5) is 5.82 Å². The molecule has 148 valence electrons. The number of carbonyl (C=O) groups is 1. The molecule has 0 unspecified atom stereocenters. The van der Waals surface area contributed by atoms with Crippen molar-refractivity contribution in [3.05, 3.63) is 66.4 Å². The van der Waals surface area contributed by atoms with E-state index in [-0.39, 0.29) is 5.91 Å². The van der Waals surface area contributed by atoms with Crippen molar-refractivity contribution in [3.63, 3.8) is 0 Å². The number of benzene rings is 2. The van der Waals surface area contributed by atoms with E-state index >= 15 is 0 Å². The summed E-state index contributed by atoms with van der Waals surface area (Å²) in [5.74, 6) is 2.02. The predicted octanol–water partition coefficient (Wildman–Crippen LogP) is 4.09. The zero-order valence-electron chi connectivity index (χ0n) is 16.1. The van der Waals surface area contributed by atoms with Crippen molar-refractivity contribution in [1.29, 1.82) is 0 Å². The number of anilines is 1. The Balaban J connectivity index is 1.42. The number of ether oxygens (including phenoxy) is 2. The van der Waals surface area contributed by atoms with Crippen LogP contribution in [0.3, 0.4) is 0 Å². The summed E-state index contributed by atoms with van der Waals surface area (Å²) in [6.45, 7) is 1.09. The number of para-hydroxylation sites is 1. The van der Waals surface area contributed by atoms with Gasteiger partial charge in [0.15, 0.2) is 17.3 Å². The van der Waals surface area contributed by atoms with Crippen LogP contribution in [-0.4, -0.2) is 28.9 Å². The summed E-state index contributed by atoms with van der Waals surface area (Å²) in [6.07, 6.45) is 5.55. The first kappa shape index (κ1) is 17.8. The van der Waals surface area contributed by atoms with E-state index in [0.717, 1.165) is 48.4 Å². The van der Waals surface area contributed by atoms with Gasteiger partial charge in [-0.1, -0.05) is 37.1 Å². The van der Waals surface area contributed by atoms with Crippen LogP contribution in [0.2, 0.25) is 0 Å². The number of rotatable bonds is 4. The molecular formula is C23H23N3O3. The monoisotopic (exact) mass is 389 g/mol. The highest BCUT2D eigenvalue weighted by molar-refractivity contribution is 5.99. The fraction of sp³-hybridized carbons (Fsp3) is 0.304. The highest BCUT2D eigenvalue weighted by Gasteiger charge is 2.43. The molecule has 1 fully saturated rings. The van der Waals surface area contributed by atoms with Crippen LogP contribution in [0.5, 0.6) is 11.5 Å². The van der Waals surface area contributed by atoms with Gasteiger partial charge >= 0.3 is 0 Å². The Hall–Kier alpha value is -3.28. The molecule has 0 spiro atoms. The molecule has 29 heavy (non-hydrogen) atoms. The van der Waals surface area contributed by atoms with E-state index in [4.69, 9.17) is 9.47 Å². The average molecular weight is 389 g/mol. The molecule has 2 aromatic carbocycles. The lowest BCUT2D eigenvalue weighted by Gasteiger charge is -2.29. The number of amides is 1. The second-order valence-electron chi connectivity index (χ2n) is 7.58. The Bertz CT molecular complexity index is 1020. The first-order valence-electron chi connectivity index (χ1n) is 10.1. The van der Waals surface area contributed by atoms with Crippen molar-refractivity contribution in [3.8, 4) is 17.2 Å². The quantitative estimate of drug-likeness (QED) is 0.730. The first-order valence-corrected chi connectivity index (χ1v) is 10.1. The Morgan fingerprint density at radius 3 is 2.52 bits per heavy atom. The third-order valence-corrected chi connectivity index (χ3v) is 5.84. The number of nitrogens with one attached hydrogen (secondary N) is 1. The Kier molecular flexibility index (Phi) is 4.46. The third kappa shape index (κ3) is 3.24. The second kappa shape index (κ2) is 7.28. The lowest BCUT2D eigenvalue weighted by molar-refractivity contribution is -0.121. The van der Waals surface area contributed by atoms with Gasteiger partial charge < -0.3 is 14.8 Å². The molecule has 3 aromatic rings. The molecule has 2 aliphatic rings. The maximum absolute atomic E-state index is 13.4. The first-order chi connectivity index (χ1) is 14.2. The maximum atomic E-state index is 13.4. The molecule has 1 N–H and O–H groups in total. The number of aromatic nitrogens is 2. The number of fused-ring (bicyclic) bond motifs is 1. The van der Waals surface area contributed by atoms with Gasteiger partial charge in [-0.2, -0.15) is 5.10 Å². The molecule has 0 atom stereocenters. The lowest BCUT2D eigenvalue weighted by Crippen LogP contribution is -2.38. The van der Waals surface area contributed by atoms with Gasteiger partial charge in [-0.3, -0.25) is 4.79 Å². The Morgan fingerprint density at radius 2 is 1.72 bits per heavy atom. The van der Waals surface area contributed by atoms with Gasteiger partial charge in [0.05, 0.1) is 11.1 Å². The zero-order valence-corrected chi connectivity index (χ0v) is 16.1. The van der Waals surface area contributed by atoms with Gasteiger partial charge in [0.2, 0.25) is 5.91 Å². The summed E-state index contributed by atoms with van der Waals surface area (Å²) in [5.41, 5.74) is 1.38. The topological polar surface area (TPSA) is 65.4 Å². The number of carbonyl (C=O) groups excluding carboxylic acids is 1. The average Bonchev–Trinajstić information content (AvgIpc) is 3.45. The largest absolute Gasteiger partial charge is 0.486 e.